The first kappa shape index (κ1) is 24.9. The second-order valence-corrected chi connectivity index (χ2v) is 8.35. The van der Waals surface area contributed by atoms with Gasteiger partial charge in [-0.05, 0) is 53.9 Å². The first-order valence-corrected chi connectivity index (χ1v) is 11.7. The van der Waals surface area contributed by atoms with Crippen LogP contribution in [0, 0.1) is 5.82 Å². The second-order valence-electron chi connectivity index (χ2n) is 8.35. The lowest BCUT2D eigenvalue weighted by Crippen LogP contribution is -2.29. The number of aromatic nitrogens is 2. The van der Waals surface area contributed by atoms with E-state index in [1.54, 1.807) is 30.9 Å². The van der Waals surface area contributed by atoms with Gasteiger partial charge < -0.3 is 19.4 Å². The smallest absolute Gasteiger partial charge is 0.273 e. The molecule has 0 aliphatic carbocycles. The molecule has 0 aliphatic rings. The number of benzene rings is 3. The number of aryl methyl sites for hydroxylation is 1. The average molecular weight is 490 g/mol. The molecule has 36 heavy (non-hydrogen) atoms. The van der Waals surface area contributed by atoms with Gasteiger partial charge in [0.05, 0.1) is 31.8 Å². The second kappa shape index (κ2) is 11.5. The molecule has 0 spiro atoms. The van der Waals surface area contributed by atoms with Gasteiger partial charge in [-0.2, -0.15) is 0 Å². The number of rotatable bonds is 10. The Morgan fingerprint density at radius 3 is 2.42 bits per heavy atom. The zero-order valence-electron chi connectivity index (χ0n) is 20.3. The molecule has 8 heteroatoms. The third-order valence-corrected chi connectivity index (χ3v) is 5.95. The topological polar surface area (TPSA) is 82.5 Å². The van der Waals surface area contributed by atoms with E-state index in [0.29, 0.717) is 41.2 Å². The molecule has 1 amide bonds. The van der Waals surface area contributed by atoms with Crippen molar-refractivity contribution in [2.24, 2.45) is 0 Å². The van der Waals surface area contributed by atoms with Gasteiger partial charge in [-0.1, -0.05) is 30.3 Å². The number of hydrogen-bond acceptors (Lipinski definition) is 5. The molecule has 7 nitrogen and oxygen atoms in total. The van der Waals surface area contributed by atoms with Gasteiger partial charge in [0, 0.05) is 19.4 Å². The lowest BCUT2D eigenvalue weighted by Gasteiger charge is -2.13. The van der Waals surface area contributed by atoms with Crippen LogP contribution in [0.5, 0.6) is 11.5 Å². The van der Waals surface area contributed by atoms with Crippen LogP contribution in [-0.2, 0) is 24.2 Å². The molecule has 0 saturated heterocycles. The Kier molecular flexibility index (Phi) is 7.95. The van der Waals surface area contributed by atoms with Crippen LogP contribution in [0.3, 0.4) is 0 Å². The highest BCUT2D eigenvalue weighted by molar-refractivity contribution is 5.77. The standard InChI is InChI=1S/C28H28FN3O4/c1-35-25-13-9-19(17-26(25)36-2)15-16-30-27(33)14-12-23-28(34)32(18-20-7-10-21(29)11-8-20)24-6-4-3-5-22(24)31-23/h3-11,13,17H,12,14-16,18H2,1-2H3,(H,30,33). The number of fused-ring (bicyclic) bond motifs is 1. The van der Waals surface area contributed by atoms with Gasteiger partial charge in [-0.25, -0.2) is 9.37 Å². The van der Waals surface area contributed by atoms with E-state index in [9.17, 15) is 14.0 Å². The molecule has 0 radical (unpaired) electrons. The van der Waals surface area contributed by atoms with Crippen LogP contribution in [0.25, 0.3) is 11.0 Å². The summed E-state index contributed by atoms with van der Waals surface area (Å²) in [4.78, 5) is 30.3. The highest BCUT2D eigenvalue weighted by Crippen LogP contribution is 2.27. The van der Waals surface area contributed by atoms with Gasteiger partial charge in [0.15, 0.2) is 11.5 Å². The number of halogens is 1. The van der Waals surface area contributed by atoms with Gasteiger partial charge in [0.1, 0.15) is 11.5 Å². The van der Waals surface area contributed by atoms with Gasteiger partial charge in [-0.15, -0.1) is 0 Å². The zero-order chi connectivity index (χ0) is 25.5. The third kappa shape index (κ3) is 5.89. The molecule has 1 heterocycles. The van der Waals surface area contributed by atoms with E-state index in [2.05, 4.69) is 10.3 Å². The highest BCUT2D eigenvalue weighted by Gasteiger charge is 2.13. The van der Waals surface area contributed by atoms with Crippen molar-refractivity contribution in [1.82, 2.24) is 14.9 Å². The summed E-state index contributed by atoms with van der Waals surface area (Å²) in [6.07, 6.45) is 0.989. The summed E-state index contributed by atoms with van der Waals surface area (Å²) in [6.45, 7) is 0.737. The van der Waals surface area contributed by atoms with Crippen molar-refractivity contribution in [3.8, 4) is 11.5 Å². The lowest BCUT2D eigenvalue weighted by atomic mass is 10.1. The summed E-state index contributed by atoms with van der Waals surface area (Å²) in [5.41, 5.74) is 3.24. The number of nitrogens with zero attached hydrogens (tertiary/aromatic N) is 2. The predicted octanol–water partition coefficient (Wildman–Crippen LogP) is 3.89. The number of carbonyl (C=O) groups excluding carboxylic acids is 1. The molecule has 4 aromatic rings. The summed E-state index contributed by atoms with van der Waals surface area (Å²) >= 11 is 0. The minimum Gasteiger partial charge on any atom is -0.493 e. The van der Waals surface area contributed by atoms with E-state index in [1.165, 1.54) is 12.1 Å². The van der Waals surface area contributed by atoms with Crippen LogP contribution in [0.4, 0.5) is 4.39 Å². The Labute approximate surface area is 208 Å². The van der Waals surface area contributed by atoms with Gasteiger partial charge in [0.25, 0.3) is 5.56 Å². The van der Waals surface area contributed by atoms with Crippen molar-refractivity contribution in [3.63, 3.8) is 0 Å². The Morgan fingerprint density at radius 2 is 1.67 bits per heavy atom. The van der Waals surface area contributed by atoms with Crippen molar-refractivity contribution in [2.75, 3.05) is 20.8 Å². The summed E-state index contributed by atoms with van der Waals surface area (Å²) in [7, 11) is 3.16. The fourth-order valence-corrected chi connectivity index (χ4v) is 4.04. The van der Waals surface area contributed by atoms with Crippen LogP contribution < -0.4 is 20.3 Å². The molecule has 3 aromatic carbocycles. The quantitative estimate of drug-likeness (QED) is 0.366. The molecule has 1 N–H and O–H groups in total. The Balaban J connectivity index is 1.42. The van der Waals surface area contributed by atoms with E-state index < -0.39 is 0 Å². The van der Waals surface area contributed by atoms with E-state index >= 15 is 0 Å². The zero-order valence-corrected chi connectivity index (χ0v) is 20.3. The fraction of sp³-hybridized carbons (Fsp3) is 0.250. The Bertz CT molecular complexity index is 1420. The van der Waals surface area contributed by atoms with Crippen molar-refractivity contribution in [2.45, 2.75) is 25.8 Å². The molecule has 0 bridgehead atoms. The fourth-order valence-electron chi connectivity index (χ4n) is 4.04. The average Bonchev–Trinajstić information content (AvgIpc) is 2.90. The van der Waals surface area contributed by atoms with Crippen molar-refractivity contribution in [1.29, 1.82) is 0 Å². The normalized spacial score (nSPS) is 10.9. The minimum absolute atomic E-state index is 0.142. The van der Waals surface area contributed by atoms with Crippen molar-refractivity contribution in [3.05, 3.63) is 99.7 Å². The SMILES string of the molecule is COc1ccc(CCNC(=O)CCc2nc3ccccc3n(Cc3ccc(F)cc3)c2=O)cc1OC. The minimum atomic E-state index is -0.330. The van der Waals surface area contributed by atoms with Crippen LogP contribution in [0.15, 0.2) is 71.5 Å². The Morgan fingerprint density at radius 1 is 0.944 bits per heavy atom. The summed E-state index contributed by atoms with van der Waals surface area (Å²) < 4.78 is 25.5. The molecule has 186 valence electrons. The monoisotopic (exact) mass is 489 g/mol. The van der Waals surface area contributed by atoms with Crippen molar-refractivity contribution < 1.29 is 18.7 Å². The molecular formula is C28H28FN3O4. The number of carbonyl (C=O) groups is 1. The first-order valence-electron chi connectivity index (χ1n) is 11.7. The van der Waals surface area contributed by atoms with Crippen LogP contribution in [0.2, 0.25) is 0 Å². The molecule has 0 saturated carbocycles. The number of para-hydroxylation sites is 2. The number of nitrogens with one attached hydrogen (secondary N) is 1. The van der Waals surface area contributed by atoms with E-state index in [1.807, 2.05) is 42.5 Å². The van der Waals surface area contributed by atoms with Crippen LogP contribution >= 0.6 is 0 Å². The van der Waals surface area contributed by atoms with E-state index in [0.717, 1.165) is 11.1 Å². The molecule has 0 fully saturated rings. The molecule has 0 atom stereocenters. The summed E-state index contributed by atoms with van der Waals surface area (Å²) in [5.74, 6) is 0.803. The summed E-state index contributed by atoms with van der Waals surface area (Å²) in [5, 5.41) is 2.90. The van der Waals surface area contributed by atoms with Crippen LogP contribution in [0.1, 0.15) is 23.2 Å². The number of methoxy groups -OCH3 is 2. The molecule has 1 aromatic heterocycles. The van der Waals surface area contributed by atoms with Crippen LogP contribution in [-0.4, -0.2) is 36.2 Å². The number of amides is 1. The first-order chi connectivity index (χ1) is 17.5. The highest BCUT2D eigenvalue weighted by atomic mass is 19.1. The van der Waals surface area contributed by atoms with E-state index in [4.69, 9.17) is 9.47 Å². The molecule has 4 rings (SSSR count). The van der Waals surface area contributed by atoms with Gasteiger partial charge in [-0.3, -0.25) is 9.59 Å². The maximum Gasteiger partial charge on any atom is 0.273 e. The molecular weight excluding hydrogens is 461 g/mol. The Hall–Kier alpha value is -4.20. The lowest BCUT2D eigenvalue weighted by molar-refractivity contribution is -0.121. The molecule has 0 unspecified atom stereocenters. The third-order valence-electron chi connectivity index (χ3n) is 5.95. The molecule has 0 aliphatic heterocycles. The maximum atomic E-state index is 13.3. The van der Waals surface area contributed by atoms with E-state index in [-0.39, 0.29) is 36.7 Å². The predicted molar refractivity (Wildman–Crippen MR) is 136 cm³/mol. The van der Waals surface area contributed by atoms with Gasteiger partial charge in [0.2, 0.25) is 5.91 Å². The van der Waals surface area contributed by atoms with Crippen molar-refractivity contribution >= 4 is 16.9 Å². The summed E-state index contributed by atoms with van der Waals surface area (Å²) in [6, 6.07) is 19.1. The maximum absolute atomic E-state index is 13.3. The number of hydrogen-bond donors (Lipinski definition) is 1. The number of ether oxygens (including phenoxy) is 2. The van der Waals surface area contributed by atoms with Gasteiger partial charge >= 0.3 is 0 Å². The largest absolute Gasteiger partial charge is 0.493 e.